The summed E-state index contributed by atoms with van der Waals surface area (Å²) in [6, 6.07) is 29.8. The zero-order valence-corrected chi connectivity index (χ0v) is 34.2. The number of hydrogen-bond donors (Lipinski definition) is 0. The average Bonchev–Trinajstić information content (AvgIpc) is 3.15. The summed E-state index contributed by atoms with van der Waals surface area (Å²) in [5, 5.41) is 2.15. The molecule has 0 aliphatic carbocycles. The summed E-state index contributed by atoms with van der Waals surface area (Å²) in [5.41, 5.74) is 11.9. The molecule has 3 nitrogen and oxygen atoms in total. The maximum Gasteiger partial charge on any atom is 0.189 e. The lowest BCUT2D eigenvalue weighted by atomic mass is 9.80. The number of carbonyl (C=O) groups is 2. The Hall–Kier alpha value is -5.54. The van der Waals surface area contributed by atoms with Gasteiger partial charge in [-0.1, -0.05) is 129 Å². The lowest BCUT2D eigenvalue weighted by molar-refractivity contribution is 0.102. The first kappa shape index (κ1) is 41.2. The van der Waals surface area contributed by atoms with Crippen LogP contribution in [0.2, 0.25) is 0 Å². The second-order valence-electron chi connectivity index (χ2n) is 15.7. The van der Waals surface area contributed by atoms with E-state index in [1.807, 2.05) is 26.0 Å². The van der Waals surface area contributed by atoms with Crippen molar-refractivity contribution in [3.8, 4) is 0 Å². The molecule has 0 bridgehead atoms. The summed E-state index contributed by atoms with van der Waals surface area (Å²) in [6.45, 7) is 31.4. The standard InChI is InChI=1S/C49H51NO2.C2H6/c1-12-16-44-32(4)17-15-18-46(44)50(43-29-40(48(6,7)8)28-41(30-43)49(9,10)11)42-22-21-37-24-34(19-20-38(37)26-42)23-33(5)47(52)45-27-36(14-3)35(13-2)25-39(45)31-51;1-2/h12-31H,2-3H2,1,4-11H3;1-2H3/b16-12-,33-23?;. The van der Waals surface area contributed by atoms with E-state index < -0.39 is 0 Å². The molecule has 0 amide bonds. The highest BCUT2D eigenvalue weighted by molar-refractivity contribution is 6.15. The molecule has 278 valence electrons. The van der Waals surface area contributed by atoms with E-state index in [2.05, 4.69) is 152 Å². The van der Waals surface area contributed by atoms with Crippen molar-refractivity contribution in [1.82, 2.24) is 0 Å². The maximum atomic E-state index is 13.6. The molecule has 0 heterocycles. The van der Waals surface area contributed by atoms with Gasteiger partial charge in [0, 0.05) is 28.1 Å². The van der Waals surface area contributed by atoms with Gasteiger partial charge in [-0.25, -0.2) is 0 Å². The first-order chi connectivity index (χ1) is 25.6. The fourth-order valence-corrected chi connectivity index (χ4v) is 6.58. The molecule has 5 aromatic carbocycles. The molecule has 0 aromatic heterocycles. The topological polar surface area (TPSA) is 37.4 Å². The highest BCUT2D eigenvalue weighted by atomic mass is 16.1. The van der Waals surface area contributed by atoms with Crippen LogP contribution in [-0.4, -0.2) is 12.1 Å². The number of hydrogen-bond acceptors (Lipinski definition) is 3. The van der Waals surface area contributed by atoms with Gasteiger partial charge in [0.05, 0.1) is 5.69 Å². The summed E-state index contributed by atoms with van der Waals surface area (Å²) in [4.78, 5) is 27.9. The van der Waals surface area contributed by atoms with Crippen molar-refractivity contribution < 1.29 is 9.59 Å². The van der Waals surface area contributed by atoms with E-state index in [1.165, 1.54) is 22.3 Å². The second-order valence-corrected chi connectivity index (χ2v) is 15.7. The van der Waals surface area contributed by atoms with Crippen molar-refractivity contribution in [3.05, 3.63) is 160 Å². The van der Waals surface area contributed by atoms with Crippen LogP contribution in [-0.2, 0) is 10.8 Å². The molecule has 54 heavy (non-hydrogen) atoms. The summed E-state index contributed by atoms with van der Waals surface area (Å²) in [5.74, 6) is -0.200. The van der Waals surface area contributed by atoms with E-state index in [-0.39, 0.29) is 16.6 Å². The number of Topliss-reactive ketones (excluding diaryl/α,β-unsaturated/α-hetero) is 1. The number of anilines is 3. The normalized spacial score (nSPS) is 11.9. The summed E-state index contributed by atoms with van der Waals surface area (Å²) in [7, 11) is 0. The molecular weight excluding hydrogens is 659 g/mol. The van der Waals surface area contributed by atoms with Crippen molar-refractivity contribution in [2.45, 2.75) is 87.0 Å². The highest BCUT2D eigenvalue weighted by Gasteiger charge is 2.25. The fraction of sp³-hybridized carbons (Fsp3) is 0.255. The Balaban J connectivity index is 0.00000319. The molecule has 0 radical (unpaired) electrons. The van der Waals surface area contributed by atoms with Gasteiger partial charge in [0.15, 0.2) is 12.1 Å². The van der Waals surface area contributed by atoms with Crippen LogP contribution >= 0.6 is 0 Å². The third-order valence-electron chi connectivity index (χ3n) is 9.70. The summed E-state index contributed by atoms with van der Waals surface area (Å²) < 4.78 is 0. The predicted octanol–water partition coefficient (Wildman–Crippen LogP) is 14.7. The van der Waals surface area contributed by atoms with Crippen LogP contribution in [0, 0.1) is 6.92 Å². The Morgan fingerprint density at radius 2 is 1.30 bits per heavy atom. The molecule has 0 fully saturated rings. The van der Waals surface area contributed by atoms with Gasteiger partial charge in [-0.3, -0.25) is 9.59 Å². The van der Waals surface area contributed by atoms with Gasteiger partial charge in [-0.15, -0.1) is 0 Å². The van der Waals surface area contributed by atoms with Crippen molar-refractivity contribution >= 4 is 64.2 Å². The Morgan fingerprint density at radius 1 is 0.704 bits per heavy atom. The molecule has 0 N–H and O–H groups in total. The van der Waals surface area contributed by atoms with Crippen LogP contribution in [0.25, 0.3) is 35.1 Å². The third kappa shape index (κ3) is 8.97. The van der Waals surface area contributed by atoms with Crippen molar-refractivity contribution in [2.75, 3.05) is 4.90 Å². The smallest absolute Gasteiger partial charge is 0.189 e. The van der Waals surface area contributed by atoms with Crippen LogP contribution < -0.4 is 4.90 Å². The van der Waals surface area contributed by atoms with Gasteiger partial charge in [-0.2, -0.15) is 0 Å². The predicted molar refractivity (Wildman–Crippen MR) is 237 cm³/mol. The SMILES string of the molecule is C=Cc1cc(C=O)c(C(=O)C(C)=Cc2ccc3cc(N(c4cc(C(C)(C)C)cc(C(C)(C)C)c4)c4cccc(C)c4/C=C\C)ccc3c2)cc1C=C.CC. The van der Waals surface area contributed by atoms with E-state index in [0.29, 0.717) is 16.7 Å². The molecule has 0 saturated carbocycles. The summed E-state index contributed by atoms with van der Waals surface area (Å²) >= 11 is 0. The highest BCUT2D eigenvalue weighted by Crippen LogP contribution is 2.43. The monoisotopic (exact) mass is 715 g/mol. The van der Waals surface area contributed by atoms with E-state index in [0.717, 1.165) is 50.8 Å². The number of ketones is 1. The van der Waals surface area contributed by atoms with Crippen LogP contribution in [0.3, 0.4) is 0 Å². The molecule has 0 aliphatic rings. The second kappa shape index (κ2) is 17.1. The van der Waals surface area contributed by atoms with Gasteiger partial charge >= 0.3 is 0 Å². The van der Waals surface area contributed by atoms with Gasteiger partial charge in [0.25, 0.3) is 0 Å². The molecule has 5 rings (SSSR count). The van der Waals surface area contributed by atoms with Gasteiger partial charge < -0.3 is 4.90 Å². The van der Waals surface area contributed by atoms with E-state index >= 15 is 0 Å². The lowest BCUT2D eigenvalue weighted by Crippen LogP contribution is -2.19. The van der Waals surface area contributed by atoms with Gasteiger partial charge in [0.1, 0.15) is 0 Å². The van der Waals surface area contributed by atoms with Crippen molar-refractivity contribution in [1.29, 1.82) is 0 Å². The molecule has 0 aliphatic heterocycles. The minimum absolute atomic E-state index is 0.0367. The lowest BCUT2D eigenvalue weighted by Gasteiger charge is -2.32. The van der Waals surface area contributed by atoms with E-state index in [9.17, 15) is 9.59 Å². The number of benzene rings is 5. The molecule has 0 spiro atoms. The van der Waals surface area contributed by atoms with Crippen LogP contribution in [0.1, 0.15) is 129 Å². The number of allylic oxidation sites excluding steroid dienone is 2. The number of aryl methyl sites for hydroxylation is 1. The van der Waals surface area contributed by atoms with Gasteiger partial charge in [-0.05, 0) is 136 Å². The number of rotatable bonds is 10. The first-order valence-electron chi connectivity index (χ1n) is 18.9. The largest absolute Gasteiger partial charge is 0.310 e. The molecule has 0 atom stereocenters. The number of aldehydes is 1. The Kier molecular flexibility index (Phi) is 13.0. The quantitative estimate of drug-likeness (QED) is 0.0821. The maximum absolute atomic E-state index is 13.6. The molecule has 5 aromatic rings. The molecule has 0 unspecified atom stereocenters. The Labute approximate surface area is 324 Å². The fourth-order valence-electron chi connectivity index (χ4n) is 6.58. The number of carbonyl (C=O) groups excluding carboxylic acids is 2. The Morgan fingerprint density at radius 3 is 1.87 bits per heavy atom. The average molecular weight is 716 g/mol. The molecule has 3 heteroatoms. The number of fused-ring (bicyclic) bond motifs is 1. The van der Waals surface area contributed by atoms with E-state index in [1.54, 1.807) is 31.2 Å². The van der Waals surface area contributed by atoms with E-state index in [4.69, 9.17) is 0 Å². The molecular formula is C51H57NO2. The van der Waals surface area contributed by atoms with Crippen LogP contribution in [0.4, 0.5) is 17.1 Å². The molecule has 0 saturated heterocycles. The van der Waals surface area contributed by atoms with Crippen LogP contribution in [0.5, 0.6) is 0 Å². The Bertz CT molecular complexity index is 2230. The van der Waals surface area contributed by atoms with Gasteiger partial charge in [0.2, 0.25) is 0 Å². The van der Waals surface area contributed by atoms with Crippen molar-refractivity contribution in [2.24, 2.45) is 0 Å². The van der Waals surface area contributed by atoms with Crippen LogP contribution in [0.15, 0.2) is 110 Å². The zero-order valence-electron chi connectivity index (χ0n) is 34.2. The first-order valence-corrected chi connectivity index (χ1v) is 18.9. The minimum atomic E-state index is -0.200. The third-order valence-corrected chi connectivity index (χ3v) is 9.70. The minimum Gasteiger partial charge on any atom is -0.310 e. The summed E-state index contributed by atoms with van der Waals surface area (Å²) in [6.07, 6.45) is 10.2. The number of nitrogens with zero attached hydrogens (tertiary/aromatic N) is 1. The van der Waals surface area contributed by atoms with Crippen molar-refractivity contribution in [3.63, 3.8) is 0 Å². The zero-order chi connectivity index (χ0) is 40.0.